The number of nitrogens with one attached hydrogen (secondary N) is 1. The van der Waals surface area contributed by atoms with E-state index in [1.54, 1.807) is 31.2 Å². The Morgan fingerprint density at radius 3 is 2.73 bits per heavy atom. The first-order valence-electron chi connectivity index (χ1n) is 6.80. The monoisotopic (exact) mass is 325 g/mol. The zero-order valence-electron chi connectivity index (χ0n) is 12.4. The van der Waals surface area contributed by atoms with Gasteiger partial charge >= 0.3 is 0 Å². The molecule has 6 nitrogen and oxygen atoms in total. The van der Waals surface area contributed by atoms with Crippen LogP contribution in [0.1, 0.15) is 23.8 Å². The van der Waals surface area contributed by atoms with Gasteiger partial charge in [0.05, 0.1) is 18.3 Å². The molecule has 0 saturated carbocycles. The second-order valence-corrected chi connectivity index (χ2v) is 6.58. The number of ether oxygens (including phenoxy) is 1. The first kappa shape index (κ1) is 16.5. The molecule has 1 aromatic carbocycles. The fourth-order valence-corrected chi connectivity index (χ4v) is 3.35. The van der Waals surface area contributed by atoms with E-state index in [9.17, 15) is 13.5 Å². The standard InChI is InChI=1S/C15H19NO5S/c1-11-10-12(20-2)5-6-15(11)22(18,19)16-8-7-13(17)14-4-3-9-21-14/h3-6,9-10,13,16-17H,7-8H2,1-2H3. The van der Waals surface area contributed by atoms with E-state index in [1.807, 2.05) is 0 Å². The smallest absolute Gasteiger partial charge is 0.240 e. The van der Waals surface area contributed by atoms with Crippen LogP contribution in [0.15, 0.2) is 45.9 Å². The average Bonchev–Trinajstić information content (AvgIpc) is 3.00. The summed E-state index contributed by atoms with van der Waals surface area (Å²) in [7, 11) is -2.10. The van der Waals surface area contributed by atoms with Crippen LogP contribution in [0.4, 0.5) is 0 Å². The van der Waals surface area contributed by atoms with E-state index in [4.69, 9.17) is 9.15 Å². The lowest BCUT2D eigenvalue weighted by Crippen LogP contribution is -2.26. The molecule has 22 heavy (non-hydrogen) atoms. The quantitative estimate of drug-likeness (QED) is 0.813. The van der Waals surface area contributed by atoms with E-state index < -0.39 is 16.1 Å². The molecule has 120 valence electrons. The second kappa shape index (κ2) is 6.95. The predicted octanol–water partition coefficient (Wildman–Crippen LogP) is 2.00. The van der Waals surface area contributed by atoms with Gasteiger partial charge in [0.15, 0.2) is 0 Å². The Morgan fingerprint density at radius 2 is 2.14 bits per heavy atom. The van der Waals surface area contributed by atoms with Crippen molar-refractivity contribution in [3.63, 3.8) is 0 Å². The second-order valence-electron chi connectivity index (χ2n) is 4.85. The SMILES string of the molecule is COc1ccc(S(=O)(=O)NCCC(O)c2ccco2)c(C)c1. The molecule has 1 aromatic heterocycles. The lowest BCUT2D eigenvalue weighted by molar-refractivity contribution is 0.142. The third-order valence-electron chi connectivity index (χ3n) is 3.25. The van der Waals surface area contributed by atoms with E-state index in [0.29, 0.717) is 17.1 Å². The normalized spacial score (nSPS) is 13.0. The fourth-order valence-electron chi connectivity index (χ4n) is 2.08. The molecular weight excluding hydrogens is 306 g/mol. The molecule has 0 amide bonds. The van der Waals surface area contributed by atoms with Crippen LogP contribution in [0.3, 0.4) is 0 Å². The first-order chi connectivity index (χ1) is 10.4. The van der Waals surface area contributed by atoms with Crippen molar-refractivity contribution in [3.05, 3.63) is 47.9 Å². The Balaban J connectivity index is 1.99. The summed E-state index contributed by atoms with van der Waals surface area (Å²) >= 11 is 0. The Labute approximate surface area is 129 Å². The summed E-state index contributed by atoms with van der Waals surface area (Å²) in [4.78, 5) is 0.195. The number of hydrogen-bond donors (Lipinski definition) is 2. The highest BCUT2D eigenvalue weighted by atomic mass is 32.2. The molecule has 2 rings (SSSR count). The van der Waals surface area contributed by atoms with Crippen LogP contribution in [0.5, 0.6) is 5.75 Å². The molecule has 0 aliphatic rings. The summed E-state index contributed by atoms with van der Waals surface area (Å²) in [6.07, 6.45) is 0.848. The van der Waals surface area contributed by atoms with Gasteiger partial charge in [0.2, 0.25) is 10.0 Å². The number of sulfonamides is 1. The summed E-state index contributed by atoms with van der Waals surface area (Å²) in [5.74, 6) is 1.02. The van der Waals surface area contributed by atoms with Crippen molar-refractivity contribution < 1.29 is 22.7 Å². The molecule has 0 saturated heterocycles. The largest absolute Gasteiger partial charge is 0.497 e. The van der Waals surface area contributed by atoms with Gasteiger partial charge in [-0.15, -0.1) is 0 Å². The van der Waals surface area contributed by atoms with Gasteiger partial charge in [-0.05, 0) is 49.2 Å². The van der Waals surface area contributed by atoms with Gasteiger partial charge in [-0.25, -0.2) is 13.1 Å². The molecule has 1 heterocycles. The highest BCUT2D eigenvalue weighted by molar-refractivity contribution is 7.89. The topological polar surface area (TPSA) is 88.8 Å². The maximum Gasteiger partial charge on any atom is 0.240 e. The van der Waals surface area contributed by atoms with Crippen LogP contribution in [-0.4, -0.2) is 27.2 Å². The molecule has 0 aliphatic heterocycles. The fraction of sp³-hybridized carbons (Fsp3) is 0.333. The maximum absolute atomic E-state index is 12.3. The molecule has 2 N–H and O–H groups in total. The van der Waals surface area contributed by atoms with Crippen molar-refractivity contribution in [2.45, 2.75) is 24.3 Å². The summed E-state index contributed by atoms with van der Waals surface area (Å²) in [5.41, 5.74) is 0.596. The summed E-state index contributed by atoms with van der Waals surface area (Å²) in [6, 6.07) is 8.07. The minimum atomic E-state index is -3.63. The van der Waals surface area contributed by atoms with Gasteiger partial charge in [0, 0.05) is 6.54 Å². The van der Waals surface area contributed by atoms with Gasteiger partial charge < -0.3 is 14.3 Å². The molecule has 1 unspecified atom stereocenters. The Bertz CT molecular complexity index is 710. The summed E-state index contributed by atoms with van der Waals surface area (Å²) in [5, 5.41) is 9.85. The molecule has 0 aliphatic carbocycles. The predicted molar refractivity (Wildman–Crippen MR) is 81.2 cm³/mol. The highest BCUT2D eigenvalue weighted by Crippen LogP contribution is 2.21. The lowest BCUT2D eigenvalue weighted by Gasteiger charge is -2.12. The number of rotatable bonds is 7. The molecule has 0 radical (unpaired) electrons. The van der Waals surface area contributed by atoms with Crippen LogP contribution >= 0.6 is 0 Å². The Kier molecular flexibility index (Phi) is 5.23. The number of aliphatic hydroxyl groups is 1. The zero-order valence-corrected chi connectivity index (χ0v) is 13.3. The number of aliphatic hydroxyl groups excluding tert-OH is 1. The molecule has 0 spiro atoms. The molecule has 1 atom stereocenters. The molecule has 0 bridgehead atoms. The minimum Gasteiger partial charge on any atom is -0.497 e. The summed E-state index contributed by atoms with van der Waals surface area (Å²) < 4.78 is 37.1. The molecule has 0 fully saturated rings. The number of hydrogen-bond acceptors (Lipinski definition) is 5. The van der Waals surface area contributed by atoms with E-state index in [-0.39, 0.29) is 17.9 Å². The van der Waals surface area contributed by atoms with Gasteiger partial charge in [-0.1, -0.05) is 0 Å². The average molecular weight is 325 g/mol. The van der Waals surface area contributed by atoms with Crippen LogP contribution in [-0.2, 0) is 10.0 Å². The first-order valence-corrected chi connectivity index (χ1v) is 8.28. The molecule has 2 aromatic rings. The summed E-state index contributed by atoms with van der Waals surface area (Å²) in [6.45, 7) is 1.81. The van der Waals surface area contributed by atoms with E-state index in [1.165, 1.54) is 19.4 Å². The van der Waals surface area contributed by atoms with Crippen LogP contribution in [0, 0.1) is 6.92 Å². The van der Waals surface area contributed by atoms with Crippen molar-refractivity contribution in [1.82, 2.24) is 4.72 Å². The van der Waals surface area contributed by atoms with Crippen molar-refractivity contribution in [1.29, 1.82) is 0 Å². The Morgan fingerprint density at radius 1 is 1.36 bits per heavy atom. The van der Waals surface area contributed by atoms with Crippen molar-refractivity contribution in [2.24, 2.45) is 0 Å². The third kappa shape index (κ3) is 3.88. The van der Waals surface area contributed by atoms with Gasteiger partial charge in [0.1, 0.15) is 17.6 Å². The minimum absolute atomic E-state index is 0.107. The highest BCUT2D eigenvalue weighted by Gasteiger charge is 2.18. The van der Waals surface area contributed by atoms with Crippen LogP contribution < -0.4 is 9.46 Å². The van der Waals surface area contributed by atoms with Gasteiger partial charge in [-0.3, -0.25) is 0 Å². The van der Waals surface area contributed by atoms with Crippen LogP contribution in [0.25, 0.3) is 0 Å². The number of furan rings is 1. The van der Waals surface area contributed by atoms with E-state index >= 15 is 0 Å². The number of methoxy groups -OCH3 is 1. The third-order valence-corrected chi connectivity index (χ3v) is 4.87. The molecule has 7 heteroatoms. The lowest BCUT2D eigenvalue weighted by atomic mass is 10.2. The zero-order chi connectivity index (χ0) is 16.2. The van der Waals surface area contributed by atoms with E-state index in [2.05, 4.69) is 4.72 Å². The van der Waals surface area contributed by atoms with Crippen molar-refractivity contribution in [3.8, 4) is 5.75 Å². The van der Waals surface area contributed by atoms with Gasteiger partial charge in [0.25, 0.3) is 0 Å². The Hall–Kier alpha value is -1.83. The number of benzene rings is 1. The van der Waals surface area contributed by atoms with Gasteiger partial charge in [-0.2, -0.15) is 0 Å². The molecular formula is C15H19NO5S. The van der Waals surface area contributed by atoms with Crippen LogP contribution in [0.2, 0.25) is 0 Å². The number of aryl methyl sites for hydroxylation is 1. The van der Waals surface area contributed by atoms with Crippen molar-refractivity contribution in [2.75, 3.05) is 13.7 Å². The van der Waals surface area contributed by atoms with E-state index in [0.717, 1.165) is 0 Å². The van der Waals surface area contributed by atoms with Crippen molar-refractivity contribution >= 4 is 10.0 Å². The maximum atomic E-state index is 12.3.